The summed E-state index contributed by atoms with van der Waals surface area (Å²) in [5.41, 5.74) is 0.0486. The van der Waals surface area contributed by atoms with Crippen molar-refractivity contribution in [2.45, 2.75) is 25.3 Å². The molecule has 1 rings (SSSR count). The molecule has 0 radical (unpaired) electrons. The van der Waals surface area contributed by atoms with E-state index in [1.54, 1.807) is 0 Å². The Morgan fingerprint density at radius 2 is 2.10 bits per heavy atom. The first-order chi connectivity index (χ1) is 4.77. The zero-order valence-electron chi connectivity index (χ0n) is 6.31. The van der Waals surface area contributed by atoms with E-state index in [1.807, 2.05) is 0 Å². The number of carbonyl (C=O) groups excluding carboxylic acids is 1. The molecular weight excluding hydrogens is 128 g/mol. The van der Waals surface area contributed by atoms with E-state index in [2.05, 4.69) is 17.6 Å². The average Bonchev–Trinajstić information content (AvgIpc) is 1.89. The summed E-state index contributed by atoms with van der Waals surface area (Å²) in [5.74, 6) is 0. The molecule has 0 aliphatic carbocycles. The van der Waals surface area contributed by atoms with Gasteiger partial charge in [-0.1, -0.05) is 0 Å². The van der Waals surface area contributed by atoms with Crippen LogP contribution in [0.25, 0.3) is 0 Å². The molecule has 0 aromatic rings. The highest BCUT2D eigenvalue weighted by Gasteiger charge is 2.24. The Labute approximate surface area is 61.2 Å². The zero-order chi connectivity index (χ0) is 7.45. The predicted molar refractivity (Wildman–Crippen MR) is 39.7 cm³/mol. The van der Waals surface area contributed by atoms with Crippen LogP contribution in [0, 0.1) is 0 Å². The molecule has 10 heavy (non-hydrogen) atoms. The van der Waals surface area contributed by atoms with Crippen LogP contribution in [0.2, 0.25) is 0 Å². The second-order valence-electron chi connectivity index (χ2n) is 3.07. The molecule has 2 N–H and O–H groups in total. The van der Waals surface area contributed by atoms with Crippen LogP contribution >= 0.6 is 0 Å². The van der Waals surface area contributed by atoms with E-state index in [1.165, 1.54) is 0 Å². The Morgan fingerprint density at radius 3 is 2.60 bits per heavy atom. The molecule has 1 aliphatic rings. The SMILES string of the molecule is CC1(NC=O)CCNCC1. The number of hydrogen-bond acceptors (Lipinski definition) is 2. The number of amides is 1. The summed E-state index contributed by atoms with van der Waals surface area (Å²) < 4.78 is 0. The number of nitrogens with one attached hydrogen (secondary N) is 2. The molecule has 3 heteroatoms. The highest BCUT2D eigenvalue weighted by molar-refractivity contribution is 5.47. The van der Waals surface area contributed by atoms with Gasteiger partial charge in [0.25, 0.3) is 0 Å². The molecule has 0 aromatic heterocycles. The molecule has 0 atom stereocenters. The molecule has 0 spiro atoms. The Kier molecular flexibility index (Phi) is 2.27. The van der Waals surface area contributed by atoms with E-state index in [4.69, 9.17) is 0 Å². The fourth-order valence-corrected chi connectivity index (χ4v) is 1.27. The molecule has 0 unspecified atom stereocenters. The average molecular weight is 142 g/mol. The summed E-state index contributed by atoms with van der Waals surface area (Å²) in [7, 11) is 0. The van der Waals surface area contributed by atoms with Crippen LogP contribution in [-0.4, -0.2) is 25.0 Å². The summed E-state index contributed by atoms with van der Waals surface area (Å²) in [5, 5.41) is 6.08. The third-order valence-corrected chi connectivity index (χ3v) is 2.11. The fourth-order valence-electron chi connectivity index (χ4n) is 1.27. The maximum absolute atomic E-state index is 10.1. The first kappa shape index (κ1) is 7.54. The second-order valence-corrected chi connectivity index (χ2v) is 3.07. The predicted octanol–water partition coefficient (Wildman–Crippen LogP) is -0.126. The van der Waals surface area contributed by atoms with Crippen molar-refractivity contribution in [3.63, 3.8) is 0 Å². The lowest BCUT2D eigenvalue weighted by molar-refractivity contribution is -0.111. The van der Waals surface area contributed by atoms with Crippen molar-refractivity contribution in [3.8, 4) is 0 Å². The van der Waals surface area contributed by atoms with E-state index in [9.17, 15) is 4.79 Å². The maximum Gasteiger partial charge on any atom is 0.207 e. The van der Waals surface area contributed by atoms with Gasteiger partial charge in [-0.15, -0.1) is 0 Å². The molecule has 0 saturated carbocycles. The van der Waals surface area contributed by atoms with Crippen LogP contribution < -0.4 is 10.6 Å². The lowest BCUT2D eigenvalue weighted by atomic mass is 9.91. The van der Waals surface area contributed by atoms with Crippen LogP contribution in [0.15, 0.2) is 0 Å². The largest absolute Gasteiger partial charge is 0.353 e. The summed E-state index contributed by atoms with van der Waals surface area (Å²) in [4.78, 5) is 10.1. The Morgan fingerprint density at radius 1 is 1.50 bits per heavy atom. The first-order valence-corrected chi connectivity index (χ1v) is 3.69. The quantitative estimate of drug-likeness (QED) is 0.527. The number of piperidine rings is 1. The highest BCUT2D eigenvalue weighted by atomic mass is 16.1. The monoisotopic (exact) mass is 142 g/mol. The minimum absolute atomic E-state index is 0.0486. The van der Waals surface area contributed by atoms with Gasteiger partial charge < -0.3 is 10.6 Å². The molecule has 1 fully saturated rings. The molecule has 58 valence electrons. The van der Waals surface area contributed by atoms with Crippen molar-refractivity contribution < 1.29 is 4.79 Å². The van der Waals surface area contributed by atoms with E-state index in [-0.39, 0.29) is 5.54 Å². The molecule has 3 nitrogen and oxygen atoms in total. The van der Waals surface area contributed by atoms with Crippen LogP contribution in [0.1, 0.15) is 19.8 Å². The van der Waals surface area contributed by atoms with E-state index < -0.39 is 0 Å². The lowest BCUT2D eigenvalue weighted by Crippen LogP contribution is -2.49. The van der Waals surface area contributed by atoms with E-state index in [0.717, 1.165) is 32.3 Å². The second kappa shape index (κ2) is 3.01. The van der Waals surface area contributed by atoms with Gasteiger partial charge in [-0.3, -0.25) is 4.79 Å². The van der Waals surface area contributed by atoms with Crippen molar-refractivity contribution in [2.24, 2.45) is 0 Å². The third-order valence-electron chi connectivity index (χ3n) is 2.11. The van der Waals surface area contributed by atoms with Gasteiger partial charge in [0.2, 0.25) is 6.41 Å². The minimum atomic E-state index is 0.0486. The van der Waals surface area contributed by atoms with Crippen LogP contribution in [0.3, 0.4) is 0 Å². The summed E-state index contributed by atoms with van der Waals surface area (Å²) >= 11 is 0. The van der Waals surface area contributed by atoms with Gasteiger partial charge in [0.15, 0.2) is 0 Å². The summed E-state index contributed by atoms with van der Waals surface area (Å²) in [6, 6.07) is 0. The van der Waals surface area contributed by atoms with Crippen molar-refractivity contribution in [2.75, 3.05) is 13.1 Å². The Bertz CT molecular complexity index is 119. The van der Waals surface area contributed by atoms with Crippen molar-refractivity contribution in [1.29, 1.82) is 0 Å². The van der Waals surface area contributed by atoms with Gasteiger partial charge in [0.05, 0.1) is 0 Å². The van der Waals surface area contributed by atoms with E-state index >= 15 is 0 Å². The first-order valence-electron chi connectivity index (χ1n) is 3.69. The molecule has 0 bridgehead atoms. The molecule has 0 aromatic carbocycles. The standard InChI is InChI=1S/C7H14N2O/c1-7(9-6-10)2-4-8-5-3-7/h6,8H,2-5H2,1H3,(H,9,10). The van der Waals surface area contributed by atoms with Crippen LogP contribution in [-0.2, 0) is 4.79 Å². The fraction of sp³-hybridized carbons (Fsp3) is 0.857. The molecule has 1 saturated heterocycles. The van der Waals surface area contributed by atoms with Gasteiger partial charge in [-0.2, -0.15) is 0 Å². The molecule has 1 heterocycles. The lowest BCUT2D eigenvalue weighted by Gasteiger charge is -2.33. The van der Waals surface area contributed by atoms with Crippen LogP contribution in [0.5, 0.6) is 0 Å². The Hall–Kier alpha value is -0.570. The van der Waals surface area contributed by atoms with Gasteiger partial charge in [0, 0.05) is 5.54 Å². The molecule has 1 amide bonds. The number of hydrogen-bond donors (Lipinski definition) is 2. The minimum Gasteiger partial charge on any atom is -0.353 e. The van der Waals surface area contributed by atoms with Gasteiger partial charge >= 0.3 is 0 Å². The maximum atomic E-state index is 10.1. The normalized spacial score (nSPS) is 23.7. The summed E-state index contributed by atoms with van der Waals surface area (Å²) in [6.45, 7) is 4.11. The van der Waals surface area contributed by atoms with Crippen molar-refractivity contribution >= 4 is 6.41 Å². The van der Waals surface area contributed by atoms with Gasteiger partial charge in [0.1, 0.15) is 0 Å². The zero-order valence-corrected chi connectivity index (χ0v) is 6.31. The smallest absolute Gasteiger partial charge is 0.207 e. The molecule has 1 aliphatic heterocycles. The third kappa shape index (κ3) is 1.70. The topological polar surface area (TPSA) is 41.1 Å². The van der Waals surface area contributed by atoms with Gasteiger partial charge in [-0.05, 0) is 32.9 Å². The van der Waals surface area contributed by atoms with Crippen molar-refractivity contribution in [3.05, 3.63) is 0 Å². The van der Waals surface area contributed by atoms with Gasteiger partial charge in [-0.25, -0.2) is 0 Å². The van der Waals surface area contributed by atoms with Crippen molar-refractivity contribution in [1.82, 2.24) is 10.6 Å². The van der Waals surface area contributed by atoms with Crippen LogP contribution in [0.4, 0.5) is 0 Å². The molecular formula is C7H14N2O. The number of rotatable bonds is 2. The number of carbonyl (C=O) groups is 1. The summed E-state index contributed by atoms with van der Waals surface area (Å²) in [6.07, 6.45) is 2.86. The van der Waals surface area contributed by atoms with E-state index in [0.29, 0.717) is 0 Å². The highest BCUT2D eigenvalue weighted by Crippen LogP contribution is 2.15. The Balaban J connectivity index is 2.39.